The van der Waals surface area contributed by atoms with Crippen molar-refractivity contribution in [1.29, 1.82) is 0 Å². The van der Waals surface area contributed by atoms with Crippen molar-refractivity contribution >= 4 is 50.3 Å². The third kappa shape index (κ3) is 1.64. The minimum atomic E-state index is 0.606. The Bertz CT molecular complexity index is 490. The van der Waals surface area contributed by atoms with Crippen LogP contribution in [0.4, 0.5) is 0 Å². The van der Waals surface area contributed by atoms with Gasteiger partial charge in [0.15, 0.2) is 6.29 Å². The van der Waals surface area contributed by atoms with Crippen LogP contribution in [0.25, 0.3) is 10.1 Å². The van der Waals surface area contributed by atoms with Gasteiger partial charge in [-0.05, 0) is 46.2 Å². The Morgan fingerprint density at radius 3 is 2.86 bits per heavy atom. The number of hydrogen-bond acceptors (Lipinski definition) is 3. The van der Waals surface area contributed by atoms with E-state index in [4.69, 9.17) is 4.74 Å². The molecule has 1 heterocycles. The Morgan fingerprint density at radius 1 is 1.43 bits per heavy atom. The van der Waals surface area contributed by atoms with Gasteiger partial charge in [0, 0.05) is 4.70 Å². The van der Waals surface area contributed by atoms with Crippen molar-refractivity contribution in [3.8, 4) is 5.75 Å². The van der Waals surface area contributed by atoms with Gasteiger partial charge in [-0.1, -0.05) is 0 Å². The minimum Gasteiger partial charge on any atom is -0.496 e. The Morgan fingerprint density at radius 2 is 2.21 bits per heavy atom. The standard InChI is InChI=1S/C10H7IO2S/c1-13-8-4-9-6(2-7(8)5-12)3-10(11)14-9/h2-5H,1H3. The fourth-order valence-electron chi connectivity index (χ4n) is 1.32. The van der Waals surface area contributed by atoms with E-state index in [-0.39, 0.29) is 0 Å². The number of benzene rings is 1. The lowest BCUT2D eigenvalue weighted by molar-refractivity contribution is 0.112. The van der Waals surface area contributed by atoms with Gasteiger partial charge in [0.2, 0.25) is 0 Å². The summed E-state index contributed by atoms with van der Waals surface area (Å²) < 4.78 is 7.49. The number of carbonyl (C=O) groups excluding carboxylic acids is 1. The van der Waals surface area contributed by atoms with Crippen LogP contribution in [0.15, 0.2) is 18.2 Å². The molecule has 0 atom stereocenters. The van der Waals surface area contributed by atoms with Gasteiger partial charge in [-0.25, -0.2) is 0 Å². The van der Waals surface area contributed by atoms with E-state index >= 15 is 0 Å². The SMILES string of the molecule is COc1cc2sc(I)cc2cc1C=O. The van der Waals surface area contributed by atoms with Crippen LogP contribution in [-0.2, 0) is 0 Å². The summed E-state index contributed by atoms with van der Waals surface area (Å²) in [5.74, 6) is 0.644. The first kappa shape index (κ1) is 9.92. The zero-order chi connectivity index (χ0) is 10.1. The molecule has 0 saturated heterocycles. The van der Waals surface area contributed by atoms with Gasteiger partial charge in [0.1, 0.15) is 5.75 Å². The summed E-state index contributed by atoms with van der Waals surface area (Å²) in [7, 11) is 1.58. The molecule has 0 aliphatic carbocycles. The monoisotopic (exact) mass is 318 g/mol. The first-order valence-corrected chi connectivity index (χ1v) is 5.86. The highest BCUT2D eigenvalue weighted by Crippen LogP contribution is 2.31. The van der Waals surface area contributed by atoms with Crippen molar-refractivity contribution in [2.24, 2.45) is 0 Å². The number of thiophene rings is 1. The first-order chi connectivity index (χ1) is 6.74. The van der Waals surface area contributed by atoms with E-state index in [1.165, 1.54) is 2.88 Å². The van der Waals surface area contributed by atoms with Crippen molar-refractivity contribution in [2.45, 2.75) is 0 Å². The largest absolute Gasteiger partial charge is 0.496 e. The van der Waals surface area contributed by atoms with E-state index in [1.54, 1.807) is 18.4 Å². The van der Waals surface area contributed by atoms with Crippen LogP contribution < -0.4 is 4.74 Å². The van der Waals surface area contributed by atoms with Crippen LogP contribution in [-0.4, -0.2) is 13.4 Å². The third-order valence-corrected chi connectivity index (χ3v) is 3.82. The van der Waals surface area contributed by atoms with Gasteiger partial charge in [0.05, 0.1) is 15.6 Å². The number of halogens is 1. The normalized spacial score (nSPS) is 10.4. The quantitative estimate of drug-likeness (QED) is 0.627. The lowest BCUT2D eigenvalue weighted by atomic mass is 10.1. The topological polar surface area (TPSA) is 26.3 Å². The second-order valence-electron chi connectivity index (χ2n) is 2.80. The average Bonchev–Trinajstić information content (AvgIpc) is 2.54. The predicted molar refractivity (Wildman–Crippen MR) is 66.5 cm³/mol. The van der Waals surface area contributed by atoms with Crippen LogP contribution in [0, 0.1) is 2.88 Å². The highest BCUT2D eigenvalue weighted by molar-refractivity contribution is 14.1. The van der Waals surface area contributed by atoms with Crippen molar-refractivity contribution in [2.75, 3.05) is 7.11 Å². The highest BCUT2D eigenvalue weighted by Gasteiger charge is 2.06. The molecule has 1 aromatic carbocycles. The molecule has 72 valence electrons. The maximum absolute atomic E-state index is 10.8. The first-order valence-electron chi connectivity index (χ1n) is 3.97. The molecule has 0 aliphatic rings. The smallest absolute Gasteiger partial charge is 0.153 e. The predicted octanol–water partition coefficient (Wildman–Crippen LogP) is 3.33. The van der Waals surface area contributed by atoms with E-state index in [0.29, 0.717) is 11.3 Å². The van der Waals surface area contributed by atoms with E-state index < -0.39 is 0 Å². The molecule has 0 unspecified atom stereocenters. The molecular formula is C10H7IO2S. The second kappa shape index (κ2) is 3.86. The minimum absolute atomic E-state index is 0.606. The molecule has 0 saturated carbocycles. The number of ether oxygens (including phenoxy) is 1. The van der Waals surface area contributed by atoms with E-state index in [9.17, 15) is 4.79 Å². The van der Waals surface area contributed by atoms with E-state index in [2.05, 4.69) is 28.7 Å². The molecule has 0 fully saturated rings. The van der Waals surface area contributed by atoms with Gasteiger partial charge in [-0.15, -0.1) is 11.3 Å². The van der Waals surface area contributed by atoms with E-state index in [1.807, 2.05) is 12.1 Å². The molecule has 1 aromatic heterocycles. The number of rotatable bonds is 2. The maximum atomic E-state index is 10.8. The van der Waals surface area contributed by atoms with Gasteiger partial charge < -0.3 is 4.74 Å². The van der Waals surface area contributed by atoms with Gasteiger partial charge in [0.25, 0.3) is 0 Å². The van der Waals surface area contributed by atoms with E-state index in [0.717, 1.165) is 16.4 Å². The Balaban J connectivity index is 2.74. The Kier molecular flexibility index (Phi) is 2.73. The fourth-order valence-corrected chi connectivity index (χ4v) is 3.17. The van der Waals surface area contributed by atoms with Crippen LogP contribution >= 0.6 is 33.9 Å². The summed E-state index contributed by atoms with van der Waals surface area (Å²) in [5.41, 5.74) is 0.606. The molecule has 14 heavy (non-hydrogen) atoms. The van der Waals surface area contributed by atoms with Gasteiger partial charge >= 0.3 is 0 Å². The lowest BCUT2D eigenvalue weighted by Crippen LogP contribution is -1.89. The molecule has 0 N–H and O–H groups in total. The summed E-state index contributed by atoms with van der Waals surface area (Å²) in [4.78, 5) is 10.8. The zero-order valence-corrected chi connectivity index (χ0v) is 10.4. The third-order valence-electron chi connectivity index (χ3n) is 1.97. The number of aldehydes is 1. The fraction of sp³-hybridized carbons (Fsp3) is 0.100. The number of hydrogen-bond donors (Lipinski definition) is 0. The van der Waals surface area contributed by atoms with Crippen LogP contribution in [0.2, 0.25) is 0 Å². The van der Waals surface area contributed by atoms with Crippen molar-refractivity contribution in [1.82, 2.24) is 0 Å². The summed E-state index contributed by atoms with van der Waals surface area (Å²) in [6, 6.07) is 5.83. The highest BCUT2D eigenvalue weighted by atomic mass is 127. The molecular weight excluding hydrogens is 311 g/mol. The lowest BCUT2D eigenvalue weighted by Gasteiger charge is -2.02. The average molecular weight is 318 g/mol. The molecule has 0 bridgehead atoms. The number of fused-ring (bicyclic) bond motifs is 1. The molecule has 2 nitrogen and oxygen atoms in total. The molecule has 2 rings (SSSR count). The molecule has 2 aromatic rings. The zero-order valence-electron chi connectivity index (χ0n) is 7.41. The van der Waals surface area contributed by atoms with Crippen LogP contribution in [0.3, 0.4) is 0 Å². The van der Waals surface area contributed by atoms with Crippen molar-refractivity contribution in [3.05, 3.63) is 26.6 Å². The molecule has 0 radical (unpaired) electrons. The molecule has 0 amide bonds. The molecule has 4 heteroatoms. The summed E-state index contributed by atoms with van der Waals surface area (Å²) in [5, 5.41) is 1.10. The summed E-state index contributed by atoms with van der Waals surface area (Å²) in [6.45, 7) is 0. The molecule has 0 aliphatic heterocycles. The second-order valence-corrected chi connectivity index (χ2v) is 5.78. The van der Waals surface area contributed by atoms with Crippen molar-refractivity contribution in [3.63, 3.8) is 0 Å². The summed E-state index contributed by atoms with van der Waals surface area (Å²) in [6.07, 6.45) is 0.822. The van der Waals surface area contributed by atoms with Gasteiger partial charge in [-0.2, -0.15) is 0 Å². The summed E-state index contributed by atoms with van der Waals surface area (Å²) >= 11 is 3.96. The molecule has 0 spiro atoms. The maximum Gasteiger partial charge on any atom is 0.153 e. The van der Waals surface area contributed by atoms with Gasteiger partial charge in [-0.3, -0.25) is 4.79 Å². The number of methoxy groups -OCH3 is 1. The Labute approximate surface area is 99.0 Å². The Hall–Kier alpha value is -0.620. The van der Waals surface area contributed by atoms with Crippen LogP contribution in [0.1, 0.15) is 10.4 Å². The number of carbonyl (C=O) groups is 1. The van der Waals surface area contributed by atoms with Crippen molar-refractivity contribution < 1.29 is 9.53 Å². The van der Waals surface area contributed by atoms with Crippen LogP contribution in [0.5, 0.6) is 5.75 Å².